The van der Waals surface area contributed by atoms with Gasteiger partial charge < -0.3 is 4.42 Å². The Morgan fingerprint density at radius 1 is 0.500 bits per heavy atom. The van der Waals surface area contributed by atoms with Crippen LogP contribution in [0.5, 0.6) is 0 Å². The van der Waals surface area contributed by atoms with Crippen LogP contribution in [0.3, 0.4) is 0 Å². The van der Waals surface area contributed by atoms with Crippen molar-refractivity contribution in [3.8, 4) is 50.5 Å². The first-order chi connectivity index (χ1) is 23.6. The number of aromatic nitrogens is 2. The highest BCUT2D eigenvalue weighted by Gasteiger charge is 2.30. The fourth-order valence-electron chi connectivity index (χ4n) is 7.17. The minimum atomic E-state index is 0.895. The van der Waals surface area contributed by atoms with Gasteiger partial charge in [-0.2, -0.15) is 4.57 Å². The van der Waals surface area contributed by atoms with E-state index in [1.807, 2.05) is 6.07 Å². The SMILES string of the molecule is Cc1ccc2c(oc3cc(-c4ccccc4)ccc32)c1-c1n(-c2ccc(-c3ccc(-c4ccccc4)cc3)cc2)c2ccccc2[n+]1C. The Morgan fingerprint density at radius 2 is 1.02 bits per heavy atom. The van der Waals surface area contributed by atoms with Crippen molar-refractivity contribution in [3.05, 3.63) is 169 Å². The summed E-state index contributed by atoms with van der Waals surface area (Å²) in [6, 6.07) is 58.4. The second-order valence-electron chi connectivity index (χ2n) is 12.5. The highest BCUT2D eigenvalue weighted by molar-refractivity contribution is 6.10. The lowest BCUT2D eigenvalue weighted by Gasteiger charge is -2.09. The third-order valence-corrected chi connectivity index (χ3v) is 9.64. The average Bonchev–Trinajstić information content (AvgIpc) is 3.67. The average molecular weight is 618 g/mol. The zero-order chi connectivity index (χ0) is 32.2. The molecule has 0 aliphatic carbocycles. The molecule has 0 fully saturated rings. The summed E-state index contributed by atoms with van der Waals surface area (Å²) in [6.45, 7) is 2.18. The Bertz CT molecular complexity index is 2590. The van der Waals surface area contributed by atoms with Gasteiger partial charge in [0.25, 0.3) is 5.82 Å². The van der Waals surface area contributed by atoms with E-state index in [0.717, 1.165) is 55.6 Å². The summed E-state index contributed by atoms with van der Waals surface area (Å²) in [5, 5.41) is 2.25. The Morgan fingerprint density at radius 3 is 1.69 bits per heavy atom. The number of benzene rings is 7. The van der Waals surface area contributed by atoms with E-state index in [9.17, 15) is 0 Å². The van der Waals surface area contributed by atoms with Crippen molar-refractivity contribution in [2.75, 3.05) is 0 Å². The predicted octanol–water partition coefficient (Wildman–Crippen LogP) is 11.3. The zero-order valence-electron chi connectivity index (χ0n) is 26.9. The van der Waals surface area contributed by atoms with E-state index in [2.05, 4.69) is 181 Å². The molecule has 0 aliphatic rings. The molecule has 0 saturated heterocycles. The van der Waals surface area contributed by atoms with Crippen LogP contribution in [0.2, 0.25) is 0 Å². The molecule has 2 aromatic heterocycles. The maximum Gasteiger partial charge on any atom is 0.298 e. The molecule has 0 spiro atoms. The van der Waals surface area contributed by atoms with E-state index < -0.39 is 0 Å². The van der Waals surface area contributed by atoms with E-state index in [4.69, 9.17) is 4.42 Å². The van der Waals surface area contributed by atoms with Crippen LogP contribution in [0.15, 0.2) is 168 Å². The lowest BCUT2D eigenvalue weighted by molar-refractivity contribution is -0.633. The Labute approximate surface area is 279 Å². The predicted molar refractivity (Wildman–Crippen MR) is 198 cm³/mol. The van der Waals surface area contributed by atoms with Crippen molar-refractivity contribution in [1.82, 2.24) is 4.57 Å². The van der Waals surface area contributed by atoms with Gasteiger partial charge in [-0.15, -0.1) is 0 Å². The summed E-state index contributed by atoms with van der Waals surface area (Å²) in [7, 11) is 2.16. The van der Waals surface area contributed by atoms with Gasteiger partial charge in [0.15, 0.2) is 16.6 Å². The van der Waals surface area contributed by atoms with Crippen LogP contribution in [0.1, 0.15) is 5.56 Å². The normalized spacial score (nSPS) is 11.5. The van der Waals surface area contributed by atoms with Crippen molar-refractivity contribution in [1.29, 1.82) is 0 Å². The molecule has 0 aliphatic heterocycles. The summed E-state index contributed by atoms with van der Waals surface area (Å²) < 4.78 is 11.5. The summed E-state index contributed by atoms with van der Waals surface area (Å²) in [4.78, 5) is 0. The number of para-hydroxylation sites is 2. The molecule has 0 radical (unpaired) electrons. The van der Waals surface area contributed by atoms with E-state index in [1.165, 1.54) is 33.4 Å². The molecule has 0 amide bonds. The van der Waals surface area contributed by atoms with Crippen molar-refractivity contribution in [3.63, 3.8) is 0 Å². The second kappa shape index (κ2) is 11.3. The van der Waals surface area contributed by atoms with Crippen LogP contribution in [0, 0.1) is 6.92 Å². The lowest BCUT2D eigenvalue weighted by atomic mass is 10.00. The van der Waals surface area contributed by atoms with Gasteiger partial charge >= 0.3 is 0 Å². The molecule has 3 nitrogen and oxygen atoms in total. The third-order valence-electron chi connectivity index (χ3n) is 9.64. The number of hydrogen-bond acceptors (Lipinski definition) is 1. The number of furan rings is 1. The molecule has 0 atom stereocenters. The highest BCUT2D eigenvalue weighted by Crippen LogP contribution is 2.40. The number of fused-ring (bicyclic) bond motifs is 4. The maximum atomic E-state index is 6.81. The number of imidazole rings is 1. The largest absolute Gasteiger partial charge is 0.455 e. The van der Waals surface area contributed by atoms with E-state index in [1.54, 1.807) is 0 Å². The second-order valence-corrected chi connectivity index (χ2v) is 12.5. The van der Waals surface area contributed by atoms with Gasteiger partial charge in [0.05, 0.1) is 7.05 Å². The van der Waals surface area contributed by atoms with Crippen molar-refractivity contribution < 1.29 is 8.98 Å². The quantitative estimate of drug-likeness (QED) is 0.176. The zero-order valence-corrected chi connectivity index (χ0v) is 26.9. The van der Waals surface area contributed by atoms with Gasteiger partial charge in [-0.25, -0.2) is 4.57 Å². The van der Waals surface area contributed by atoms with Crippen LogP contribution in [-0.4, -0.2) is 4.57 Å². The Hall–Kier alpha value is -6.19. The van der Waals surface area contributed by atoms with Crippen molar-refractivity contribution in [2.45, 2.75) is 6.92 Å². The van der Waals surface area contributed by atoms with Gasteiger partial charge in [-0.1, -0.05) is 127 Å². The van der Waals surface area contributed by atoms with Crippen LogP contribution >= 0.6 is 0 Å². The van der Waals surface area contributed by atoms with Crippen LogP contribution < -0.4 is 4.57 Å². The smallest absolute Gasteiger partial charge is 0.298 e. The molecule has 0 unspecified atom stereocenters. The van der Waals surface area contributed by atoms with Crippen LogP contribution in [-0.2, 0) is 7.05 Å². The lowest BCUT2D eigenvalue weighted by Crippen LogP contribution is -2.30. The Kier molecular flexibility index (Phi) is 6.58. The summed E-state index contributed by atoms with van der Waals surface area (Å²) in [5.74, 6) is 1.08. The minimum absolute atomic E-state index is 0.895. The third kappa shape index (κ3) is 4.55. The first kappa shape index (κ1) is 28.1. The van der Waals surface area contributed by atoms with Crippen LogP contribution in [0.25, 0.3) is 83.4 Å². The van der Waals surface area contributed by atoms with Gasteiger partial charge in [0.2, 0.25) is 0 Å². The molecule has 2 heterocycles. The van der Waals surface area contributed by atoms with Gasteiger partial charge in [0.1, 0.15) is 16.8 Å². The molecule has 9 aromatic rings. The first-order valence-electron chi connectivity index (χ1n) is 16.4. The molecule has 0 N–H and O–H groups in total. The van der Waals surface area contributed by atoms with Gasteiger partial charge in [0, 0.05) is 10.8 Å². The van der Waals surface area contributed by atoms with Crippen molar-refractivity contribution in [2.24, 2.45) is 7.05 Å². The number of hydrogen-bond donors (Lipinski definition) is 0. The maximum absolute atomic E-state index is 6.81. The van der Waals surface area contributed by atoms with E-state index in [0.29, 0.717) is 0 Å². The fraction of sp³-hybridized carbons (Fsp3) is 0.0444. The number of rotatable bonds is 5. The molecule has 48 heavy (non-hydrogen) atoms. The summed E-state index contributed by atoms with van der Waals surface area (Å²) >= 11 is 0. The van der Waals surface area contributed by atoms with Crippen molar-refractivity contribution >= 4 is 33.0 Å². The molecular weight excluding hydrogens is 585 g/mol. The minimum Gasteiger partial charge on any atom is -0.455 e. The van der Waals surface area contributed by atoms with E-state index >= 15 is 0 Å². The molecule has 9 rings (SSSR count). The molecule has 228 valence electrons. The molecule has 0 bridgehead atoms. The van der Waals surface area contributed by atoms with Crippen LogP contribution in [0.4, 0.5) is 0 Å². The number of nitrogens with zero attached hydrogens (tertiary/aromatic N) is 2. The molecule has 0 saturated carbocycles. The molecule has 3 heteroatoms. The standard InChI is InChI=1S/C45H33N2O/c1-30-17-27-39-38-28-24-36(32-13-7-4-8-14-32)29-42(38)48-44(39)43(30)45-46(2)40-15-9-10-16-41(40)47(45)37-25-22-35(23-26-37)34-20-18-33(19-21-34)31-11-5-3-6-12-31/h3-29H,1-2H3/q+1. The van der Waals surface area contributed by atoms with Gasteiger partial charge in [-0.05, 0) is 82.3 Å². The van der Waals surface area contributed by atoms with E-state index in [-0.39, 0.29) is 0 Å². The van der Waals surface area contributed by atoms with Gasteiger partial charge in [-0.3, -0.25) is 0 Å². The Balaban J connectivity index is 1.19. The fourth-order valence-corrected chi connectivity index (χ4v) is 7.17. The topological polar surface area (TPSA) is 21.9 Å². The number of aryl methyl sites for hydroxylation is 2. The molecule has 7 aromatic carbocycles. The first-order valence-corrected chi connectivity index (χ1v) is 16.4. The summed E-state index contributed by atoms with van der Waals surface area (Å²) in [5.41, 5.74) is 14.6. The molecular formula is C45H33N2O+. The monoisotopic (exact) mass is 617 g/mol. The summed E-state index contributed by atoms with van der Waals surface area (Å²) in [6.07, 6.45) is 0. The highest BCUT2D eigenvalue weighted by atomic mass is 16.3.